The van der Waals surface area contributed by atoms with Gasteiger partial charge >= 0.3 is 0 Å². The zero-order valence-electron chi connectivity index (χ0n) is 13.0. The van der Waals surface area contributed by atoms with Crippen molar-refractivity contribution < 1.29 is 14.3 Å². The van der Waals surface area contributed by atoms with Crippen molar-refractivity contribution in [3.05, 3.63) is 29.3 Å². The minimum atomic E-state index is -0.0474. The van der Waals surface area contributed by atoms with Gasteiger partial charge in [-0.15, -0.1) is 11.3 Å². The summed E-state index contributed by atoms with van der Waals surface area (Å²) in [5.41, 5.74) is 3.56. The topological polar surface area (TPSA) is 47.6 Å². The minimum Gasteiger partial charge on any atom is -0.496 e. The quantitative estimate of drug-likeness (QED) is 0.931. The van der Waals surface area contributed by atoms with E-state index in [0.717, 1.165) is 34.9 Å². The van der Waals surface area contributed by atoms with E-state index in [9.17, 15) is 4.79 Å². The lowest BCUT2D eigenvalue weighted by Crippen LogP contribution is -2.06. The maximum atomic E-state index is 11.3. The van der Waals surface area contributed by atoms with Gasteiger partial charge in [0, 0.05) is 22.9 Å². The van der Waals surface area contributed by atoms with Crippen molar-refractivity contribution in [1.82, 2.24) is 0 Å². The molecule has 116 valence electrons. The van der Waals surface area contributed by atoms with Crippen molar-refractivity contribution in [3.63, 3.8) is 0 Å². The molecule has 3 rings (SSSR count). The Morgan fingerprint density at radius 1 is 1.32 bits per heavy atom. The molecule has 4 nitrogen and oxygen atoms in total. The smallest absolute Gasteiger partial charge is 0.221 e. The third kappa shape index (κ3) is 2.57. The van der Waals surface area contributed by atoms with Crippen LogP contribution in [0.25, 0.3) is 10.4 Å². The van der Waals surface area contributed by atoms with Crippen LogP contribution in [0.1, 0.15) is 25.0 Å². The SMILES string of the molecule is CCOc1ccc(OC)c2c1CCc1cc(NC(C)=O)sc1-2. The molecule has 0 fully saturated rings. The fourth-order valence-corrected chi connectivity index (χ4v) is 4.12. The van der Waals surface area contributed by atoms with Crippen LogP contribution in [-0.2, 0) is 17.6 Å². The second kappa shape index (κ2) is 6.01. The third-order valence-electron chi connectivity index (χ3n) is 3.73. The molecule has 1 heterocycles. The van der Waals surface area contributed by atoms with E-state index in [1.165, 1.54) is 22.9 Å². The van der Waals surface area contributed by atoms with Crippen molar-refractivity contribution in [2.45, 2.75) is 26.7 Å². The number of rotatable bonds is 4. The lowest BCUT2D eigenvalue weighted by Gasteiger charge is -2.21. The van der Waals surface area contributed by atoms with Gasteiger partial charge in [0.2, 0.25) is 5.91 Å². The van der Waals surface area contributed by atoms with Crippen LogP contribution >= 0.6 is 11.3 Å². The predicted molar refractivity (Wildman–Crippen MR) is 89.2 cm³/mol. The fraction of sp³-hybridized carbons (Fsp3) is 0.353. The van der Waals surface area contributed by atoms with Crippen LogP contribution in [0.15, 0.2) is 18.2 Å². The number of ether oxygens (including phenoxy) is 2. The van der Waals surface area contributed by atoms with E-state index in [4.69, 9.17) is 9.47 Å². The molecule has 1 aromatic heterocycles. The minimum absolute atomic E-state index is 0.0474. The van der Waals surface area contributed by atoms with Crippen molar-refractivity contribution in [2.75, 3.05) is 19.0 Å². The Morgan fingerprint density at radius 3 is 2.77 bits per heavy atom. The van der Waals surface area contributed by atoms with Crippen LogP contribution in [0.2, 0.25) is 0 Å². The molecular weight excluding hydrogens is 298 g/mol. The van der Waals surface area contributed by atoms with Crippen LogP contribution in [0.3, 0.4) is 0 Å². The highest BCUT2D eigenvalue weighted by molar-refractivity contribution is 7.19. The number of hydrogen-bond donors (Lipinski definition) is 1. The molecular formula is C17H19NO3S. The fourth-order valence-electron chi connectivity index (χ4n) is 2.89. The molecule has 0 radical (unpaired) electrons. The van der Waals surface area contributed by atoms with Crippen LogP contribution < -0.4 is 14.8 Å². The third-order valence-corrected chi connectivity index (χ3v) is 4.84. The van der Waals surface area contributed by atoms with Gasteiger partial charge < -0.3 is 14.8 Å². The highest BCUT2D eigenvalue weighted by atomic mass is 32.1. The molecule has 1 amide bonds. The lowest BCUT2D eigenvalue weighted by atomic mass is 9.90. The summed E-state index contributed by atoms with van der Waals surface area (Å²) in [6.45, 7) is 4.17. The van der Waals surface area contributed by atoms with E-state index in [0.29, 0.717) is 6.61 Å². The summed E-state index contributed by atoms with van der Waals surface area (Å²) >= 11 is 1.60. The van der Waals surface area contributed by atoms with Gasteiger partial charge in [-0.2, -0.15) is 0 Å². The Balaban J connectivity index is 2.13. The monoisotopic (exact) mass is 317 g/mol. The lowest BCUT2D eigenvalue weighted by molar-refractivity contribution is -0.114. The maximum absolute atomic E-state index is 11.3. The molecule has 1 N–H and O–H groups in total. The van der Waals surface area contributed by atoms with Crippen molar-refractivity contribution in [2.24, 2.45) is 0 Å². The van der Waals surface area contributed by atoms with Gasteiger partial charge in [-0.1, -0.05) is 0 Å². The van der Waals surface area contributed by atoms with Gasteiger partial charge in [0.05, 0.1) is 18.7 Å². The number of fused-ring (bicyclic) bond motifs is 3. The van der Waals surface area contributed by atoms with Crippen LogP contribution in [0.4, 0.5) is 5.00 Å². The van der Waals surface area contributed by atoms with E-state index in [-0.39, 0.29) is 5.91 Å². The van der Waals surface area contributed by atoms with Gasteiger partial charge in [-0.25, -0.2) is 0 Å². The number of hydrogen-bond acceptors (Lipinski definition) is 4. The molecule has 1 aliphatic carbocycles. The molecule has 0 saturated carbocycles. The van der Waals surface area contributed by atoms with E-state index in [1.807, 2.05) is 19.1 Å². The van der Waals surface area contributed by atoms with Crippen LogP contribution in [-0.4, -0.2) is 19.6 Å². The molecule has 5 heteroatoms. The molecule has 0 aliphatic heterocycles. The van der Waals surface area contributed by atoms with Gasteiger partial charge in [0.1, 0.15) is 11.5 Å². The largest absolute Gasteiger partial charge is 0.496 e. The van der Waals surface area contributed by atoms with Crippen molar-refractivity contribution >= 4 is 22.2 Å². The number of methoxy groups -OCH3 is 1. The van der Waals surface area contributed by atoms with Crippen LogP contribution in [0, 0.1) is 0 Å². The number of carbonyl (C=O) groups excluding carboxylic acids is 1. The molecule has 1 aromatic carbocycles. The van der Waals surface area contributed by atoms with E-state index in [2.05, 4.69) is 11.4 Å². The summed E-state index contributed by atoms with van der Waals surface area (Å²) in [5.74, 6) is 1.74. The molecule has 1 aliphatic rings. The first kappa shape index (κ1) is 14.9. The molecule has 22 heavy (non-hydrogen) atoms. The number of thiophene rings is 1. The Labute approximate surface area is 134 Å². The van der Waals surface area contributed by atoms with E-state index in [1.54, 1.807) is 18.4 Å². The average molecular weight is 317 g/mol. The Bertz CT molecular complexity index is 721. The normalized spacial score (nSPS) is 12.3. The molecule has 2 aromatic rings. The molecule has 0 spiro atoms. The summed E-state index contributed by atoms with van der Waals surface area (Å²) in [7, 11) is 1.69. The summed E-state index contributed by atoms with van der Waals surface area (Å²) in [6.07, 6.45) is 1.87. The Kier molecular flexibility index (Phi) is 4.07. The van der Waals surface area contributed by atoms with E-state index >= 15 is 0 Å². The first-order valence-electron chi connectivity index (χ1n) is 7.37. The van der Waals surface area contributed by atoms with E-state index < -0.39 is 0 Å². The maximum Gasteiger partial charge on any atom is 0.221 e. The highest BCUT2D eigenvalue weighted by Crippen LogP contribution is 2.48. The highest BCUT2D eigenvalue weighted by Gasteiger charge is 2.25. The summed E-state index contributed by atoms with van der Waals surface area (Å²) in [5, 5.41) is 3.76. The van der Waals surface area contributed by atoms with Gasteiger partial charge in [-0.05, 0) is 43.5 Å². The predicted octanol–water partition coefficient (Wildman–Crippen LogP) is 3.88. The average Bonchev–Trinajstić information content (AvgIpc) is 2.89. The molecule has 0 atom stereocenters. The van der Waals surface area contributed by atoms with Gasteiger partial charge in [0.15, 0.2) is 0 Å². The van der Waals surface area contributed by atoms with Crippen LogP contribution in [0.5, 0.6) is 11.5 Å². The number of benzene rings is 1. The Morgan fingerprint density at radius 2 is 2.09 bits per heavy atom. The molecule has 0 bridgehead atoms. The van der Waals surface area contributed by atoms with Gasteiger partial charge in [0.25, 0.3) is 0 Å². The summed E-state index contributed by atoms with van der Waals surface area (Å²) < 4.78 is 11.3. The van der Waals surface area contributed by atoms with Crippen molar-refractivity contribution in [3.8, 4) is 21.9 Å². The second-order valence-corrected chi connectivity index (χ2v) is 6.25. The summed E-state index contributed by atoms with van der Waals surface area (Å²) in [6, 6.07) is 6.00. The van der Waals surface area contributed by atoms with Crippen molar-refractivity contribution in [1.29, 1.82) is 0 Å². The zero-order valence-corrected chi connectivity index (χ0v) is 13.8. The number of amides is 1. The number of anilines is 1. The standard InChI is InChI=1S/C17H19NO3S/c1-4-21-13-7-8-14(20-3)16-12(13)6-5-11-9-15(18-10(2)19)22-17(11)16/h7-9H,4-6H2,1-3H3,(H,18,19). The van der Waals surface area contributed by atoms with Gasteiger partial charge in [-0.3, -0.25) is 4.79 Å². The number of aryl methyl sites for hydroxylation is 1. The second-order valence-electron chi connectivity index (χ2n) is 5.20. The summed E-state index contributed by atoms with van der Waals surface area (Å²) in [4.78, 5) is 12.5. The molecule has 0 saturated heterocycles. The zero-order chi connectivity index (χ0) is 15.7. The first-order chi connectivity index (χ1) is 10.6. The first-order valence-corrected chi connectivity index (χ1v) is 8.19. The number of nitrogens with one attached hydrogen (secondary N) is 1. The number of carbonyl (C=O) groups is 1. The Hall–Kier alpha value is -2.01. The molecule has 0 unspecified atom stereocenters.